The van der Waals surface area contributed by atoms with E-state index in [0.717, 1.165) is 25.2 Å². The molecule has 0 aliphatic carbocycles. The standard InChI is InChI=1S/C16H19F3N2O2/c17-16(18,19)14(22)23-13-15(6-9-20-10-7-15)8-11-21(13)12-4-2-1-3-5-12/h1-5,13,20H,6-11H2. The Hall–Kier alpha value is -1.76. The van der Waals surface area contributed by atoms with Crippen LogP contribution in [0.1, 0.15) is 19.3 Å². The molecule has 1 N–H and O–H groups in total. The van der Waals surface area contributed by atoms with Crippen LogP contribution in [0.2, 0.25) is 0 Å². The van der Waals surface area contributed by atoms with Gasteiger partial charge in [-0.25, -0.2) is 4.79 Å². The fraction of sp³-hybridized carbons (Fsp3) is 0.562. The average Bonchev–Trinajstić information content (AvgIpc) is 2.86. The molecular weight excluding hydrogens is 309 g/mol. The van der Waals surface area contributed by atoms with Crippen molar-refractivity contribution in [3.05, 3.63) is 30.3 Å². The van der Waals surface area contributed by atoms with Gasteiger partial charge < -0.3 is 15.0 Å². The maximum Gasteiger partial charge on any atom is 0.491 e. The lowest BCUT2D eigenvalue weighted by atomic mass is 9.77. The van der Waals surface area contributed by atoms with Crippen LogP contribution in [0.3, 0.4) is 0 Å². The summed E-state index contributed by atoms with van der Waals surface area (Å²) in [6.45, 7) is 2.03. The van der Waals surface area contributed by atoms with Crippen molar-refractivity contribution in [2.24, 2.45) is 5.41 Å². The van der Waals surface area contributed by atoms with Gasteiger partial charge in [0.1, 0.15) is 0 Å². The number of nitrogens with one attached hydrogen (secondary N) is 1. The molecule has 1 spiro atoms. The molecule has 0 bridgehead atoms. The number of piperidine rings is 1. The summed E-state index contributed by atoms with van der Waals surface area (Å²) in [5.74, 6) is -2.11. The number of halogens is 3. The van der Waals surface area contributed by atoms with Crippen LogP contribution < -0.4 is 10.2 Å². The summed E-state index contributed by atoms with van der Waals surface area (Å²) in [5, 5.41) is 3.21. The quantitative estimate of drug-likeness (QED) is 0.848. The van der Waals surface area contributed by atoms with E-state index in [1.165, 1.54) is 0 Å². The maximum atomic E-state index is 12.7. The number of hydrogen-bond donors (Lipinski definition) is 1. The van der Waals surface area contributed by atoms with Gasteiger partial charge in [-0.3, -0.25) is 0 Å². The first-order valence-electron chi connectivity index (χ1n) is 7.73. The molecule has 2 fully saturated rings. The van der Waals surface area contributed by atoms with E-state index >= 15 is 0 Å². The third-order valence-corrected chi connectivity index (χ3v) is 4.79. The molecule has 2 heterocycles. The highest BCUT2D eigenvalue weighted by molar-refractivity contribution is 5.76. The predicted octanol–water partition coefficient (Wildman–Crippen LogP) is 2.70. The number of hydrogen-bond acceptors (Lipinski definition) is 4. The highest BCUT2D eigenvalue weighted by Crippen LogP contribution is 2.46. The number of para-hydroxylation sites is 1. The van der Waals surface area contributed by atoms with Crippen LogP contribution in [0, 0.1) is 5.41 Å². The lowest BCUT2D eigenvalue weighted by Crippen LogP contribution is -2.49. The summed E-state index contributed by atoms with van der Waals surface area (Å²) in [6.07, 6.45) is -3.72. The Kier molecular flexibility index (Phi) is 4.23. The second-order valence-corrected chi connectivity index (χ2v) is 6.15. The fourth-order valence-corrected chi connectivity index (χ4v) is 3.58. The normalized spacial score (nSPS) is 24.0. The Morgan fingerprint density at radius 3 is 2.43 bits per heavy atom. The molecule has 0 amide bonds. The molecule has 1 aromatic carbocycles. The molecule has 4 nitrogen and oxygen atoms in total. The van der Waals surface area contributed by atoms with Crippen LogP contribution in [-0.2, 0) is 9.53 Å². The smallest absolute Gasteiger partial charge is 0.434 e. The lowest BCUT2D eigenvalue weighted by Gasteiger charge is -2.40. The van der Waals surface area contributed by atoms with Crippen molar-refractivity contribution < 1.29 is 22.7 Å². The largest absolute Gasteiger partial charge is 0.491 e. The second kappa shape index (κ2) is 6.03. The zero-order chi connectivity index (χ0) is 16.5. The number of rotatable bonds is 2. The number of carbonyl (C=O) groups excluding carboxylic acids is 1. The molecule has 1 unspecified atom stereocenters. The summed E-state index contributed by atoms with van der Waals surface area (Å²) in [4.78, 5) is 13.2. The minimum atomic E-state index is -4.97. The molecule has 0 saturated carbocycles. The van der Waals surface area contributed by atoms with Crippen molar-refractivity contribution in [2.75, 3.05) is 24.5 Å². The third-order valence-electron chi connectivity index (χ3n) is 4.79. The Morgan fingerprint density at radius 2 is 1.83 bits per heavy atom. The number of alkyl halides is 3. The monoisotopic (exact) mass is 328 g/mol. The molecule has 126 valence electrons. The zero-order valence-corrected chi connectivity index (χ0v) is 12.6. The van der Waals surface area contributed by atoms with Crippen molar-refractivity contribution in [1.29, 1.82) is 0 Å². The predicted molar refractivity (Wildman–Crippen MR) is 78.9 cm³/mol. The van der Waals surface area contributed by atoms with Crippen LogP contribution >= 0.6 is 0 Å². The minimum Gasteiger partial charge on any atom is -0.434 e. The summed E-state index contributed by atoms with van der Waals surface area (Å²) in [6, 6.07) is 9.15. The lowest BCUT2D eigenvalue weighted by molar-refractivity contribution is -0.209. The van der Waals surface area contributed by atoms with Gasteiger partial charge in [0.2, 0.25) is 0 Å². The van der Waals surface area contributed by atoms with E-state index in [4.69, 9.17) is 4.74 Å². The van der Waals surface area contributed by atoms with E-state index in [1.54, 1.807) is 4.90 Å². The van der Waals surface area contributed by atoms with Crippen LogP contribution in [0.15, 0.2) is 30.3 Å². The first-order chi connectivity index (χ1) is 10.9. The summed E-state index contributed by atoms with van der Waals surface area (Å²) in [7, 11) is 0. The number of esters is 1. The van der Waals surface area contributed by atoms with Crippen LogP contribution in [0.5, 0.6) is 0 Å². The number of nitrogens with zero attached hydrogens (tertiary/aromatic N) is 1. The van der Waals surface area contributed by atoms with Crippen LogP contribution in [0.4, 0.5) is 18.9 Å². The van der Waals surface area contributed by atoms with Crippen LogP contribution in [0.25, 0.3) is 0 Å². The molecule has 1 atom stereocenters. The van der Waals surface area contributed by atoms with Gasteiger partial charge in [-0.1, -0.05) is 18.2 Å². The van der Waals surface area contributed by atoms with E-state index in [2.05, 4.69) is 5.32 Å². The summed E-state index contributed by atoms with van der Waals surface area (Å²) < 4.78 is 43.0. The van der Waals surface area contributed by atoms with Crippen molar-refractivity contribution >= 4 is 11.7 Å². The minimum absolute atomic E-state index is 0.415. The van der Waals surface area contributed by atoms with Gasteiger partial charge in [0.15, 0.2) is 6.23 Å². The van der Waals surface area contributed by atoms with Crippen LogP contribution in [-0.4, -0.2) is 38.0 Å². The number of benzene rings is 1. The molecule has 2 aliphatic heterocycles. The Bertz CT molecular complexity index is 556. The topological polar surface area (TPSA) is 41.6 Å². The SMILES string of the molecule is O=C(OC1N(c2ccccc2)CCC12CCNCC2)C(F)(F)F. The van der Waals surface area contributed by atoms with E-state index < -0.39 is 23.8 Å². The zero-order valence-electron chi connectivity index (χ0n) is 12.6. The molecule has 2 aliphatic rings. The van der Waals surface area contributed by atoms with Crippen molar-refractivity contribution in [1.82, 2.24) is 5.32 Å². The Balaban J connectivity index is 1.89. The van der Waals surface area contributed by atoms with E-state index in [0.29, 0.717) is 19.4 Å². The molecule has 3 rings (SSSR count). The van der Waals surface area contributed by atoms with Gasteiger partial charge in [-0.2, -0.15) is 13.2 Å². The molecule has 23 heavy (non-hydrogen) atoms. The van der Waals surface area contributed by atoms with E-state index in [-0.39, 0.29) is 0 Å². The maximum absolute atomic E-state index is 12.7. The van der Waals surface area contributed by atoms with Gasteiger partial charge in [-0.15, -0.1) is 0 Å². The summed E-state index contributed by atoms with van der Waals surface area (Å²) >= 11 is 0. The molecule has 0 radical (unpaired) electrons. The van der Waals surface area contributed by atoms with Gasteiger partial charge in [0, 0.05) is 17.6 Å². The molecule has 2 saturated heterocycles. The number of anilines is 1. The fourth-order valence-electron chi connectivity index (χ4n) is 3.58. The molecule has 1 aromatic rings. The number of carbonyl (C=O) groups is 1. The highest BCUT2D eigenvalue weighted by Gasteiger charge is 2.53. The molecule has 7 heteroatoms. The van der Waals surface area contributed by atoms with E-state index in [1.807, 2.05) is 30.3 Å². The molecular formula is C16H19F3N2O2. The highest BCUT2D eigenvalue weighted by atomic mass is 19.4. The first-order valence-corrected chi connectivity index (χ1v) is 7.73. The van der Waals surface area contributed by atoms with Crippen molar-refractivity contribution in [3.8, 4) is 0 Å². The van der Waals surface area contributed by atoms with Gasteiger partial charge >= 0.3 is 12.1 Å². The average molecular weight is 328 g/mol. The third kappa shape index (κ3) is 3.15. The van der Waals surface area contributed by atoms with Crippen molar-refractivity contribution in [2.45, 2.75) is 31.7 Å². The van der Waals surface area contributed by atoms with E-state index in [9.17, 15) is 18.0 Å². The van der Waals surface area contributed by atoms with Gasteiger partial charge in [-0.05, 0) is 44.5 Å². The Labute approximate surface area is 132 Å². The second-order valence-electron chi connectivity index (χ2n) is 6.15. The van der Waals surface area contributed by atoms with Gasteiger partial charge in [0.25, 0.3) is 0 Å². The number of ether oxygens (including phenoxy) is 1. The first kappa shape index (κ1) is 16.1. The summed E-state index contributed by atoms with van der Waals surface area (Å²) in [5.41, 5.74) is 0.366. The van der Waals surface area contributed by atoms with Crippen molar-refractivity contribution in [3.63, 3.8) is 0 Å². The molecule has 0 aromatic heterocycles. The Morgan fingerprint density at radius 1 is 1.17 bits per heavy atom. The van der Waals surface area contributed by atoms with Gasteiger partial charge in [0.05, 0.1) is 0 Å².